The van der Waals surface area contributed by atoms with E-state index in [1.54, 1.807) is 24.3 Å². The summed E-state index contributed by atoms with van der Waals surface area (Å²) >= 11 is 5.97. The van der Waals surface area contributed by atoms with Gasteiger partial charge in [-0.2, -0.15) is 4.31 Å². The van der Waals surface area contributed by atoms with Crippen LogP contribution in [0.15, 0.2) is 64.9 Å². The summed E-state index contributed by atoms with van der Waals surface area (Å²) in [6.07, 6.45) is 4.18. The number of piperidine rings is 1. The van der Waals surface area contributed by atoms with Gasteiger partial charge >= 0.3 is 0 Å². The standard InChI is InChI=1S/C22H23ClN2O5S2/c23-18-6-8-19(9-7-18)25(20-12-15-31(27,28)16-20)22(26)17-4-10-21(11-5-17)32(29,30)24-13-2-1-3-14-24/h4-12,15,20H,1-3,13-14,16H2/t20-/m0/s1. The monoisotopic (exact) mass is 494 g/mol. The van der Waals surface area contributed by atoms with Crippen LogP contribution in [0.2, 0.25) is 5.02 Å². The van der Waals surface area contributed by atoms with Gasteiger partial charge < -0.3 is 4.90 Å². The fraction of sp³-hybridized carbons (Fsp3) is 0.318. The number of benzene rings is 2. The van der Waals surface area contributed by atoms with Crippen molar-refractivity contribution in [3.63, 3.8) is 0 Å². The maximum absolute atomic E-state index is 13.4. The van der Waals surface area contributed by atoms with Crippen LogP contribution < -0.4 is 4.90 Å². The summed E-state index contributed by atoms with van der Waals surface area (Å²) in [5, 5.41) is 1.60. The van der Waals surface area contributed by atoms with Crippen molar-refractivity contribution in [1.29, 1.82) is 0 Å². The van der Waals surface area contributed by atoms with Gasteiger partial charge in [-0.15, -0.1) is 0 Å². The van der Waals surface area contributed by atoms with Gasteiger partial charge in [0.25, 0.3) is 5.91 Å². The molecule has 2 aliphatic rings. The topological polar surface area (TPSA) is 91.8 Å². The van der Waals surface area contributed by atoms with E-state index in [-0.39, 0.29) is 16.2 Å². The molecule has 0 spiro atoms. The van der Waals surface area contributed by atoms with Gasteiger partial charge in [0.15, 0.2) is 9.84 Å². The first-order chi connectivity index (χ1) is 15.2. The second-order valence-corrected chi connectivity index (χ2v) is 12.2. The third-order valence-corrected chi connectivity index (χ3v) is 9.16. The second kappa shape index (κ2) is 8.97. The second-order valence-electron chi connectivity index (χ2n) is 7.87. The lowest BCUT2D eigenvalue weighted by molar-refractivity contribution is 0.0983. The first-order valence-electron chi connectivity index (χ1n) is 10.3. The fourth-order valence-corrected chi connectivity index (χ4v) is 6.86. The minimum atomic E-state index is -3.61. The lowest BCUT2D eigenvalue weighted by Gasteiger charge is -2.28. The third-order valence-electron chi connectivity index (χ3n) is 5.62. The molecular weight excluding hydrogens is 472 g/mol. The van der Waals surface area contributed by atoms with Crippen LogP contribution in [-0.4, -0.2) is 51.9 Å². The van der Waals surface area contributed by atoms with Crippen molar-refractivity contribution in [3.05, 3.63) is 70.6 Å². The molecule has 170 valence electrons. The first-order valence-corrected chi connectivity index (χ1v) is 13.8. The summed E-state index contributed by atoms with van der Waals surface area (Å²) in [7, 11) is -7.01. The number of carbonyl (C=O) groups is 1. The molecule has 10 heteroatoms. The lowest BCUT2D eigenvalue weighted by Crippen LogP contribution is -2.41. The molecule has 0 N–H and O–H groups in total. The Labute approximate surface area is 193 Å². The summed E-state index contributed by atoms with van der Waals surface area (Å²) in [6, 6.07) is 11.7. The van der Waals surface area contributed by atoms with E-state index in [4.69, 9.17) is 11.6 Å². The van der Waals surface area contributed by atoms with E-state index in [2.05, 4.69) is 0 Å². The van der Waals surface area contributed by atoms with E-state index >= 15 is 0 Å². The van der Waals surface area contributed by atoms with Crippen molar-refractivity contribution in [1.82, 2.24) is 4.31 Å². The molecule has 0 bridgehead atoms. The van der Waals surface area contributed by atoms with Crippen LogP contribution in [0.4, 0.5) is 5.69 Å². The van der Waals surface area contributed by atoms with Crippen molar-refractivity contribution in [2.24, 2.45) is 0 Å². The molecule has 0 radical (unpaired) electrons. The molecule has 4 rings (SSSR count). The van der Waals surface area contributed by atoms with Crippen molar-refractivity contribution < 1.29 is 21.6 Å². The molecule has 1 atom stereocenters. The van der Waals surface area contributed by atoms with Gasteiger partial charge in [-0.25, -0.2) is 16.8 Å². The van der Waals surface area contributed by atoms with Gasteiger partial charge in [0.2, 0.25) is 10.0 Å². The molecular formula is C22H23ClN2O5S2. The molecule has 0 unspecified atom stereocenters. The highest BCUT2D eigenvalue weighted by Crippen LogP contribution is 2.27. The molecule has 7 nitrogen and oxygen atoms in total. The highest BCUT2D eigenvalue weighted by molar-refractivity contribution is 7.94. The number of sulfonamides is 1. The number of hydrogen-bond acceptors (Lipinski definition) is 5. The first kappa shape index (κ1) is 23.0. The smallest absolute Gasteiger partial charge is 0.258 e. The Hall–Kier alpha value is -2.20. The van der Waals surface area contributed by atoms with E-state index in [0.717, 1.165) is 24.7 Å². The van der Waals surface area contributed by atoms with Gasteiger partial charge in [-0.3, -0.25) is 4.79 Å². The van der Waals surface area contributed by atoms with Crippen LogP contribution in [0.1, 0.15) is 29.6 Å². The molecule has 2 aromatic carbocycles. The van der Waals surface area contributed by atoms with Gasteiger partial charge in [0.05, 0.1) is 16.7 Å². The number of hydrogen-bond donors (Lipinski definition) is 0. The van der Waals surface area contributed by atoms with Crippen LogP contribution in [-0.2, 0) is 19.9 Å². The van der Waals surface area contributed by atoms with Crippen molar-refractivity contribution in [2.45, 2.75) is 30.2 Å². The van der Waals surface area contributed by atoms with E-state index in [9.17, 15) is 21.6 Å². The van der Waals surface area contributed by atoms with Gasteiger partial charge in [-0.1, -0.05) is 18.0 Å². The van der Waals surface area contributed by atoms with Crippen LogP contribution in [0.3, 0.4) is 0 Å². The molecule has 0 aromatic heterocycles. The van der Waals surface area contributed by atoms with Crippen molar-refractivity contribution in [2.75, 3.05) is 23.7 Å². The number of sulfone groups is 1. The molecule has 1 amide bonds. The Morgan fingerprint density at radius 1 is 0.969 bits per heavy atom. The summed E-state index contributed by atoms with van der Waals surface area (Å²) in [6.45, 7) is 0.992. The Bertz CT molecular complexity index is 1230. The predicted molar refractivity (Wildman–Crippen MR) is 124 cm³/mol. The van der Waals surface area contributed by atoms with Gasteiger partial charge in [0.1, 0.15) is 0 Å². The number of carbonyl (C=O) groups excluding carboxylic acids is 1. The summed E-state index contributed by atoms with van der Waals surface area (Å²) in [4.78, 5) is 14.9. The normalized spacial score (nSPS) is 20.8. The molecule has 1 saturated heterocycles. The Morgan fingerprint density at radius 2 is 1.59 bits per heavy atom. The third kappa shape index (κ3) is 4.76. The molecule has 0 aliphatic carbocycles. The highest BCUT2D eigenvalue weighted by atomic mass is 35.5. The highest BCUT2D eigenvalue weighted by Gasteiger charge is 2.32. The maximum atomic E-state index is 13.4. The molecule has 2 aromatic rings. The zero-order valence-electron chi connectivity index (χ0n) is 17.2. The Balaban J connectivity index is 1.64. The Morgan fingerprint density at radius 3 is 2.16 bits per heavy atom. The van der Waals surface area contributed by atoms with Crippen molar-refractivity contribution in [3.8, 4) is 0 Å². The number of nitrogens with zero attached hydrogens (tertiary/aromatic N) is 2. The van der Waals surface area contributed by atoms with E-state index in [0.29, 0.717) is 23.8 Å². The maximum Gasteiger partial charge on any atom is 0.258 e. The SMILES string of the molecule is O=C(c1ccc(S(=O)(=O)N2CCCCC2)cc1)N(c1ccc(Cl)cc1)[C@H]1C=CS(=O)(=O)C1. The number of anilines is 1. The minimum Gasteiger partial charge on any atom is -0.300 e. The number of rotatable bonds is 5. The molecule has 2 heterocycles. The van der Waals surface area contributed by atoms with Gasteiger partial charge in [-0.05, 0) is 67.4 Å². The summed E-state index contributed by atoms with van der Waals surface area (Å²) in [5.41, 5.74) is 0.756. The predicted octanol–water partition coefficient (Wildman–Crippen LogP) is 3.47. The average molecular weight is 495 g/mol. The van der Waals surface area contributed by atoms with Gasteiger partial charge in [0, 0.05) is 34.8 Å². The number of amides is 1. The lowest BCUT2D eigenvalue weighted by atomic mass is 10.1. The molecule has 2 aliphatic heterocycles. The van der Waals surface area contributed by atoms with Crippen LogP contribution in [0, 0.1) is 0 Å². The fourth-order valence-electron chi connectivity index (χ4n) is 3.94. The van der Waals surface area contributed by atoms with Crippen LogP contribution in [0.5, 0.6) is 0 Å². The minimum absolute atomic E-state index is 0.136. The largest absolute Gasteiger partial charge is 0.300 e. The Kier molecular flexibility index (Phi) is 6.44. The van der Waals surface area contributed by atoms with Crippen LogP contribution in [0.25, 0.3) is 0 Å². The summed E-state index contributed by atoms with van der Waals surface area (Å²) in [5.74, 6) is -0.649. The van der Waals surface area contributed by atoms with E-state index in [1.807, 2.05) is 0 Å². The molecule has 0 saturated carbocycles. The van der Waals surface area contributed by atoms with Crippen molar-refractivity contribution >= 4 is 43.1 Å². The number of halogens is 1. The van der Waals surface area contributed by atoms with E-state index < -0.39 is 31.8 Å². The zero-order chi connectivity index (χ0) is 22.9. The molecule has 1 fully saturated rings. The average Bonchev–Trinajstić information content (AvgIpc) is 3.15. The zero-order valence-corrected chi connectivity index (χ0v) is 19.6. The summed E-state index contributed by atoms with van der Waals surface area (Å²) < 4.78 is 51.2. The quantitative estimate of drug-likeness (QED) is 0.634. The van der Waals surface area contributed by atoms with E-state index in [1.165, 1.54) is 39.5 Å². The van der Waals surface area contributed by atoms with Crippen LogP contribution >= 0.6 is 11.6 Å². The molecule has 32 heavy (non-hydrogen) atoms.